The summed E-state index contributed by atoms with van der Waals surface area (Å²) >= 11 is 0. The van der Waals surface area contributed by atoms with E-state index in [1.54, 1.807) is 0 Å². The van der Waals surface area contributed by atoms with Crippen LogP contribution in [0.25, 0.3) is 0 Å². The Bertz CT molecular complexity index is 183. The van der Waals surface area contributed by atoms with Gasteiger partial charge in [-0.3, -0.25) is 0 Å². The first-order chi connectivity index (χ1) is 7.15. The van der Waals surface area contributed by atoms with Gasteiger partial charge in [-0.25, -0.2) is 0 Å². The number of unbranched alkanes of at least 4 members (excludes halogenated alkanes) is 1. The van der Waals surface area contributed by atoms with E-state index in [1.165, 1.54) is 12.8 Å². The molecule has 0 radical (unpaired) electrons. The molecular formula is C11H25N3O. The van der Waals surface area contributed by atoms with E-state index in [4.69, 9.17) is 10.9 Å². The first-order valence-corrected chi connectivity index (χ1v) is 5.86. The van der Waals surface area contributed by atoms with Crippen molar-refractivity contribution in [3.8, 4) is 0 Å². The molecule has 3 N–H and O–H groups in total. The third kappa shape index (κ3) is 6.33. The summed E-state index contributed by atoms with van der Waals surface area (Å²) in [6, 6.07) is 0.572. The lowest BCUT2D eigenvalue weighted by Crippen LogP contribution is -2.36. The van der Waals surface area contributed by atoms with Gasteiger partial charge in [-0.05, 0) is 26.3 Å². The van der Waals surface area contributed by atoms with Gasteiger partial charge in [0.25, 0.3) is 0 Å². The van der Waals surface area contributed by atoms with Crippen LogP contribution in [0.5, 0.6) is 0 Å². The van der Waals surface area contributed by atoms with Crippen LogP contribution in [0.4, 0.5) is 0 Å². The van der Waals surface area contributed by atoms with Gasteiger partial charge < -0.3 is 15.8 Å². The maximum Gasteiger partial charge on any atom is 0.140 e. The number of nitrogens with two attached hydrogens (primary N) is 1. The monoisotopic (exact) mass is 215 g/mol. The Hall–Kier alpha value is -0.770. The Morgan fingerprint density at radius 1 is 1.40 bits per heavy atom. The van der Waals surface area contributed by atoms with Gasteiger partial charge in [0, 0.05) is 19.0 Å². The largest absolute Gasteiger partial charge is 0.409 e. The highest BCUT2D eigenvalue weighted by molar-refractivity contribution is 5.79. The molecule has 0 amide bonds. The van der Waals surface area contributed by atoms with Gasteiger partial charge in [0.2, 0.25) is 0 Å². The van der Waals surface area contributed by atoms with Gasteiger partial charge in [-0.1, -0.05) is 25.4 Å². The highest BCUT2D eigenvalue weighted by atomic mass is 16.4. The molecule has 0 aliphatic heterocycles. The minimum Gasteiger partial charge on any atom is -0.409 e. The third-order valence-corrected chi connectivity index (χ3v) is 2.80. The predicted octanol–water partition coefficient (Wildman–Crippen LogP) is 2.02. The zero-order chi connectivity index (χ0) is 11.7. The average molecular weight is 215 g/mol. The zero-order valence-corrected chi connectivity index (χ0v) is 10.2. The maximum atomic E-state index is 8.46. The summed E-state index contributed by atoms with van der Waals surface area (Å²) in [5, 5.41) is 11.5. The fourth-order valence-electron chi connectivity index (χ4n) is 1.48. The lowest BCUT2D eigenvalue weighted by Gasteiger charge is -2.28. The number of rotatable bonds is 8. The minimum atomic E-state index is 0.319. The summed E-state index contributed by atoms with van der Waals surface area (Å²) in [5.41, 5.74) is 5.46. The molecule has 0 rings (SSSR count). The molecule has 0 aliphatic rings. The van der Waals surface area contributed by atoms with Crippen LogP contribution in [0.1, 0.15) is 46.5 Å². The molecule has 0 aromatic carbocycles. The van der Waals surface area contributed by atoms with Crippen molar-refractivity contribution in [3.05, 3.63) is 0 Å². The SMILES string of the molecule is CCCCN(CCC(N)=NO)C(C)CC. The van der Waals surface area contributed by atoms with E-state index < -0.39 is 0 Å². The molecule has 4 nitrogen and oxygen atoms in total. The van der Waals surface area contributed by atoms with Gasteiger partial charge in [0.1, 0.15) is 5.84 Å². The Morgan fingerprint density at radius 3 is 2.53 bits per heavy atom. The second-order valence-electron chi connectivity index (χ2n) is 3.99. The molecule has 15 heavy (non-hydrogen) atoms. The lowest BCUT2D eigenvalue weighted by molar-refractivity contribution is 0.205. The highest BCUT2D eigenvalue weighted by Crippen LogP contribution is 2.06. The molecule has 1 unspecified atom stereocenters. The van der Waals surface area contributed by atoms with E-state index in [1.807, 2.05) is 0 Å². The lowest BCUT2D eigenvalue weighted by atomic mass is 10.2. The second kappa shape index (κ2) is 8.53. The molecular weight excluding hydrogens is 190 g/mol. The smallest absolute Gasteiger partial charge is 0.140 e. The van der Waals surface area contributed by atoms with Crippen molar-refractivity contribution in [3.63, 3.8) is 0 Å². The van der Waals surface area contributed by atoms with Crippen LogP contribution >= 0.6 is 0 Å². The van der Waals surface area contributed by atoms with Gasteiger partial charge in [0.15, 0.2) is 0 Å². The van der Waals surface area contributed by atoms with Crippen LogP contribution in [0.3, 0.4) is 0 Å². The van der Waals surface area contributed by atoms with Crippen molar-refractivity contribution in [1.29, 1.82) is 0 Å². The van der Waals surface area contributed by atoms with Crippen molar-refractivity contribution >= 4 is 5.84 Å². The minimum absolute atomic E-state index is 0.319. The Kier molecular flexibility index (Phi) is 8.09. The van der Waals surface area contributed by atoms with E-state index in [9.17, 15) is 0 Å². The summed E-state index contributed by atoms with van der Waals surface area (Å²) in [4.78, 5) is 2.40. The summed E-state index contributed by atoms with van der Waals surface area (Å²) in [6.07, 6.45) is 4.20. The highest BCUT2D eigenvalue weighted by Gasteiger charge is 2.11. The molecule has 0 spiro atoms. The summed E-state index contributed by atoms with van der Waals surface area (Å²) in [5.74, 6) is 0.319. The topological polar surface area (TPSA) is 61.8 Å². The molecule has 0 fully saturated rings. The Labute approximate surface area is 93.1 Å². The molecule has 0 aromatic rings. The van der Waals surface area contributed by atoms with Crippen LogP contribution in [0.15, 0.2) is 5.16 Å². The standard InChI is InChI=1S/C11H25N3O/c1-4-6-8-14(10(3)5-2)9-7-11(12)13-15/h10,15H,4-9H2,1-3H3,(H2,12,13). The third-order valence-electron chi connectivity index (χ3n) is 2.80. The van der Waals surface area contributed by atoms with Crippen molar-refractivity contribution < 1.29 is 5.21 Å². The molecule has 0 bridgehead atoms. The van der Waals surface area contributed by atoms with Gasteiger partial charge in [-0.2, -0.15) is 0 Å². The number of hydrogen-bond acceptors (Lipinski definition) is 3. The van der Waals surface area contributed by atoms with Crippen LogP contribution in [0, 0.1) is 0 Å². The van der Waals surface area contributed by atoms with Crippen molar-refractivity contribution in [2.24, 2.45) is 10.9 Å². The van der Waals surface area contributed by atoms with Crippen molar-refractivity contribution in [2.75, 3.05) is 13.1 Å². The molecule has 0 heterocycles. The van der Waals surface area contributed by atoms with E-state index >= 15 is 0 Å². The van der Waals surface area contributed by atoms with Crippen LogP contribution in [0.2, 0.25) is 0 Å². The number of nitrogens with zero attached hydrogens (tertiary/aromatic N) is 2. The fourth-order valence-corrected chi connectivity index (χ4v) is 1.48. The van der Waals surface area contributed by atoms with Gasteiger partial charge in [-0.15, -0.1) is 0 Å². The van der Waals surface area contributed by atoms with Gasteiger partial charge >= 0.3 is 0 Å². The fraction of sp³-hybridized carbons (Fsp3) is 0.909. The Balaban J connectivity index is 4.00. The molecule has 4 heteroatoms. The van der Waals surface area contributed by atoms with Crippen molar-refractivity contribution in [1.82, 2.24) is 4.90 Å². The molecule has 0 saturated carbocycles. The number of amidine groups is 1. The average Bonchev–Trinajstić information content (AvgIpc) is 2.27. The number of oxime groups is 1. The zero-order valence-electron chi connectivity index (χ0n) is 10.2. The van der Waals surface area contributed by atoms with E-state index in [0.717, 1.165) is 19.5 Å². The second-order valence-corrected chi connectivity index (χ2v) is 3.99. The Morgan fingerprint density at radius 2 is 2.07 bits per heavy atom. The van der Waals surface area contributed by atoms with E-state index in [0.29, 0.717) is 18.3 Å². The first-order valence-electron chi connectivity index (χ1n) is 5.86. The molecule has 0 aromatic heterocycles. The van der Waals surface area contributed by atoms with Gasteiger partial charge in [0.05, 0.1) is 0 Å². The normalized spacial score (nSPS) is 14.5. The van der Waals surface area contributed by atoms with E-state index in [-0.39, 0.29) is 0 Å². The predicted molar refractivity (Wildman–Crippen MR) is 64.3 cm³/mol. The van der Waals surface area contributed by atoms with E-state index in [2.05, 4.69) is 30.8 Å². The summed E-state index contributed by atoms with van der Waals surface area (Å²) in [7, 11) is 0. The molecule has 0 saturated heterocycles. The molecule has 0 aliphatic carbocycles. The van der Waals surface area contributed by atoms with Crippen LogP contribution in [-0.2, 0) is 0 Å². The van der Waals surface area contributed by atoms with Crippen molar-refractivity contribution in [2.45, 2.75) is 52.5 Å². The van der Waals surface area contributed by atoms with Crippen LogP contribution in [-0.4, -0.2) is 35.1 Å². The molecule has 90 valence electrons. The molecule has 1 atom stereocenters. The summed E-state index contributed by atoms with van der Waals surface area (Å²) < 4.78 is 0. The first kappa shape index (κ1) is 14.2. The van der Waals surface area contributed by atoms with Crippen LogP contribution < -0.4 is 5.73 Å². The quantitative estimate of drug-likeness (QED) is 0.282. The number of hydrogen-bond donors (Lipinski definition) is 2. The summed E-state index contributed by atoms with van der Waals surface area (Å²) in [6.45, 7) is 8.59. The maximum absolute atomic E-state index is 8.46.